The quantitative estimate of drug-likeness (QED) is 0.0592. The van der Waals surface area contributed by atoms with E-state index in [1.165, 1.54) is 40.6 Å². The fraction of sp³-hybridized carbons (Fsp3) is 0.0833. The van der Waals surface area contributed by atoms with E-state index >= 15 is 0 Å². The summed E-state index contributed by atoms with van der Waals surface area (Å²) in [4.78, 5) is 48.6. The third kappa shape index (κ3) is 10.0. The molecule has 6 aromatic rings. The highest BCUT2D eigenvalue weighted by Gasteiger charge is 2.20. The van der Waals surface area contributed by atoms with E-state index in [4.69, 9.17) is 18.9 Å². The largest absolute Gasteiger partial charge is 0.466 e. The molecule has 0 amide bonds. The van der Waals surface area contributed by atoms with Gasteiger partial charge in [-0.3, -0.25) is 0 Å². The molecule has 6 rings (SSSR count). The van der Waals surface area contributed by atoms with Gasteiger partial charge in [-0.1, -0.05) is 133 Å². The number of carbonyl (C=O) groups excluding carboxylic acids is 4. The van der Waals surface area contributed by atoms with Crippen molar-refractivity contribution in [1.82, 2.24) is 0 Å². The molecule has 6 aromatic carbocycles. The number of hydrogen-bond acceptors (Lipinski definition) is 8. The Hall–Kier alpha value is -7.32. The number of hydrogen-bond donors (Lipinski definition) is 0. The van der Waals surface area contributed by atoms with Crippen LogP contribution in [-0.2, 0) is 38.1 Å². The van der Waals surface area contributed by atoms with E-state index in [0.29, 0.717) is 22.3 Å². The Morgan fingerprint density at radius 3 is 1.12 bits per heavy atom. The fourth-order valence-electron chi connectivity index (χ4n) is 6.03. The van der Waals surface area contributed by atoms with Gasteiger partial charge < -0.3 is 18.9 Å². The summed E-state index contributed by atoms with van der Waals surface area (Å²) in [6, 6.07) is 42.3. The van der Waals surface area contributed by atoms with Crippen molar-refractivity contribution in [1.29, 1.82) is 0 Å². The molecule has 0 heterocycles. The van der Waals surface area contributed by atoms with Gasteiger partial charge in [-0.05, 0) is 68.1 Å². The molecule has 0 bridgehead atoms. The number of fused-ring (bicyclic) bond motifs is 2. The molecule has 0 spiro atoms. The summed E-state index contributed by atoms with van der Waals surface area (Å²) in [5.41, 5.74) is 5.42. The zero-order valence-corrected chi connectivity index (χ0v) is 31.4. The number of methoxy groups -OCH3 is 4. The first-order valence-corrected chi connectivity index (χ1v) is 17.5. The third-order valence-electron chi connectivity index (χ3n) is 8.69. The second-order valence-electron chi connectivity index (χ2n) is 12.1. The average molecular weight is 745 g/mol. The van der Waals surface area contributed by atoms with Crippen LogP contribution in [0.3, 0.4) is 0 Å². The normalized spacial score (nSPS) is 11.6. The summed E-state index contributed by atoms with van der Waals surface area (Å²) in [6.45, 7) is 0. The van der Waals surface area contributed by atoms with Crippen LogP contribution in [0.1, 0.15) is 33.4 Å². The van der Waals surface area contributed by atoms with E-state index in [9.17, 15) is 19.2 Å². The van der Waals surface area contributed by atoms with Crippen molar-refractivity contribution in [2.75, 3.05) is 28.4 Å². The van der Waals surface area contributed by atoms with Gasteiger partial charge in [0.1, 0.15) is 0 Å². The molecule has 8 nitrogen and oxygen atoms in total. The van der Waals surface area contributed by atoms with Gasteiger partial charge in [0.15, 0.2) is 0 Å². The van der Waals surface area contributed by atoms with E-state index in [-0.39, 0.29) is 0 Å². The van der Waals surface area contributed by atoms with Crippen molar-refractivity contribution in [2.45, 2.75) is 0 Å². The predicted octanol–water partition coefficient (Wildman–Crippen LogP) is 9.48. The molecule has 0 atom stereocenters. The molecule has 56 heavy (non-hydrogen) atoms. The highest BCUT2D eigenvalue weighted by Crippen LogP contribution is 2.33. The lowest BCUT2D eigenvalue weighted by atomic mass is 9.91. The van der Waals surface area contributed by atoms with Gasteiger partial charge in [-0.15, -0.1) is 0 Å². The van der Waals surface area contributed by atoms with Crippen molar-refractivity contribution in [3.05, 3.63) is 179 Å². The first-order valence-electron chi connectivity index (χ1n) is 17.5. The van der Waals surface area contributed by atoms with E-state index < -0.39 is 23.9 Å². The average Bonchev–Trinajstić information content (AvgIpc) is 3.25. The van der Waals surface area contributed by atoms with Crippen LogP contribution < -0.4 is 0 Å². The second kappa shape index (κ2) is 19.7. The second-order valence-corrected chi connectivity index (χ2v) is 12.1. The number of rotatable bonds is 10. The summed E-state index contributed by atoms with van der Waals surface area (Å²) in [5.74, 6) is -1.84. The van der Waals surface area contributed by atoms with Crippen LogP contribution >= 0.6 is 0 Å². The Labute approximate surface area is 325 Å². The Morgan fingerprint density at radius 2 is 0.768 bits per heavy atom. The molecule has 0 aliphatic carbocycles. The number of benzene rings is 6. The summed E-state index contributed by atoms with van der Waals surface area (Å²) in [6.07, 6.45) is 9.56. The predicted molar refractivity (Wildman–Crippen MR) is 223 cm³/mol. The first kappa shape index (κ1) is 39.9. The van der Waals surface area contributed by atoms with Crippen molar-refractivity contribution >= 4 is 80.9 Å². The summed E-state index contributed by atoms with van der Waals surface area (Å²) < 4.78 is 19.5. The first-order chi connectivity index (χ1) is 27.3. The lowest BCUT2D eigenvalue weighted by molar-refractivity contribution is -0.135. The molecule has 0 saturated heterocycles. The van der Waals surface area contributed by atoms with Crippen molar-refractivity contribution in [3.8, 4) is 0 Å². The Bertz CT molecular complexity index is 2300. The van der Waals surface area contributed by atoms with E-state index in [1.54, 1.807) is 24.3 Å². The molecule has 280 valence electrons. The minimum Gasteiger partial charge on any atom is -0.466 e. The van der Waals surface area contributed by atoms with Crippen LogP contribution in [-0.4, -0.2) is 52.3 Å². The SMILES string of the molecule is COC(=O)/C=C/c1ccc2ccccc2c1/C(=C\c1ccccc1)C(=O)OC.COC(=O)/C=C/c1ccc2ccccc2c1/C(=C\c1ccccc1)C(=O)OC. The molecular formula is C48H40O8. The van der Waals surface area contributed by atoms with Crippen LogP contribution in [0.5, 0.6) is 0 Å². The lowest BCUT2D eigenvalue weighted by Gasteiger charge is -2.13. The van der Waals surface area contributed by atoms with Crippen LogP contribution in [0.15, 0.2) is 146 Å². The van der Waals surface area contributed by atoms with E-state index in [1.807, 2.05) is 133 Å². The molecule has 0 aliphatic rings. The summed E-state index contributed by atoms with van der Waals surface area (Å²) >= 11 is 0. The van der Waals surface area contributed by atoms with Gasteiger partial charge in [-0.2, -0.15) is 0 Å². The minimum atomic E-state index is -0.467. The maximum Gasteiger partial charge on any atom is 0.338 e. The van der Waals surface area contributed by atoms with Crippen molar-refractivity contribution in [2.24, 2.45) is 0 Å². The van der Waals surface area contributed by atoms with Crippen LogP contribution in [0.4, 0.5) is 0 Å². The molecule has 0 aromatic heterocycles. The number of esters is 4. The van der Waals surface area contributed by atoms with E-state index in [0.717, 1.165) is 43.8 Å². The topological polar surface area (TPSA) is 105 Å². The molecule has 8 heteroatoms. The molecule has 0 unspecified atom stereocenters. The van der Waals surface area contributed by atoms with Crippen molar-refractivity contribution < 1.29 is 38.1 Å². The standard InChI is InChI=1S/2C24H20O4/c2*1-27-22(25)15-14-19-13-12-18-10-6-7-11-20(18)23(19)21(24(26)28-2)16-17-8-4-3-5-9-17/h2*3-16H,1-2H3/b2*15-14+,21-16+. The van der Waals surface area contributed by atoms with Gasteiger partial charge in [-0.25, -0.2) is 19.2 Å². The number of carbonyl (C=O) groups is 4. The van der Waals surface area contributed by atoms with Crippen LogP contribution in [0.25, 0.3) is 57.0 Å². The molecule has 0 aliphatic heterocycles. The lowest BCUT2D eigenvalue weighted by Crippen LogP contribution is -2.06. The third-order valence-corrected chi connectivity index (χ3v) is 8.69. The maximum absolute atomic E-state index is 12.7. The Kier molecular flexibility index (Phi) is 14.0. The van der Waals surface area contributed by atoms with E-state index in [2.05, 4.69) is 0 Å². The molecule has 0 saturated carbocycles. The molecule has 0 fully saturated rings. The van der Waals surface area contributed by atoms with Crippen LogP contribution in [0, 0.1) is 0 Å². The highest BCUT2D eigenvalue weighted by molar-refractivity contribution is 6.26. The van der Waals surface area contributed by atoms with Gasteiger partial charge in [0.05, 0.1) is 39.6 Å². The maximum atomic E-state index is 12.7. The van der Waals surface area contributed by atoms with Crippen molar-refractivity contribution in [3.63, 3.8) is 0 Å². The number of ether oxygens (including phenoxy) is 4. The zero-order valence-electron chi connectivity index (χ0n) is 31.4. The zero-order chi connectivity index (χ0) is 39.9. The highest BCUT2D eigenvalue weighted by atomic mass is 16.5. The smallest absolute Gasteiger partial charge is 0.338 e. The van der Waals surface area contributed by atoms with Gasteiger partial charge >= 0.3 is 23.9 Å². The van der Waals surface area contributed by atoms with Gasteiger partial charge in [0, 0.05) is 23.3 Å². The molecule has 0 radical (unpaired) electrons. The Balaban J connectivity index is 0.000000214. The van der Waals surface area contributed by atoms with Gasteiger partial charge in [0.2, 0.25) is 0 Å². The minimum absolute atomic E-state index is 0.412. The molecule has 0 N–H and O–H groups in total. The van der Waals surface area contributed by atoms with Gasteiger partial charge in [0.25, 0.3) is 0 Å². The monoisotopic (exact) mass is 744 g/mol. The van der Waals surface area contributed by atoms with Crippen LogP contribution in [0.2, 0.25) is 0 Å². The molecular weight excluding hydrogens is 705 g/mol. The summed E-state index contributed by atoms with van der Waals surface area (Å²) in [7, 11) is 5.36. The Morgan fingerprint density at radius 1 is 0.411 bits per heavy atom. The fourth-order valence-corrected chi connectivity index (χ4v) is 6.03. The summed E-state index contributed by atoms with van der Waals surface area (Å²) in [5, 5.41) is 3.75.